The van der Waals surface area contributed by atoms with Gasteiger partial charge in [0.05, 0.1) is 60.8 Å². The highest BCUT2D eigenvalue weighted by Gasteiger charge is 2.44. The van der Waals surface area contributed by atoms with Gasteiger partial charge in [-0.3, -0.25) is 14.4 Å². The lowest BCUT2D eigenvalue weighted by atomic mass is 9.85. The molecule has 1 aromatic heterocycles. The van der Waals surface area contributed by atoms with Crippen molar-refractivity contribution in [3.05, 3.63) is 41.0 Å². The summed E-state index contributed by atoms with van der Waals surface area (Å²) < 4.78 is 16.8. The number of β-amino-alcohol motifs (C(OH)–C–C–N with tert-alkyl or cyclic N) is 1. The van der Waals surface area contributed by atoms with E-state index in [2.05, 4.69) is 20.9 Å². The van der Waals surface area contributed by atoms with E-state index in [-0.39, 0.29) is 44.2 Å². The Kier molecular flexibility index (Phi) is 13.7. The number of likely N-dealkylation sites (tertiary alicyclic amines) is 1. The van der Waals surface area contributed by atoms with Crippen molar-refractivity contribution in [1.82, 2.24) is 25.8 Å². The van der Waals surface area contributed by atoms with Gasteiger partial charge in [-0.05, 0) is 56.3 Å². The van der Waals surface area contributed by atoms with Gasteiger partial charge in [-0.25, -0.2) is 4.98 Å². The number of hydrogen-bond acceptors (Lipinski definition) is 10. The van der Waals surface area contributed by atoms with Crippen molar-refractivity contribution in [1.29, 1.82) is 0 Å². The fourth-order valence-electron chi connectivity index (χ4n) is 5.84. The number of thiazole rings is 1. The van der Waals surface area contributed by atoms with Gasteiger partial charge in [0.2, 0.25) is 17.7 Å². The zero-order chi connectivity index (χ0) is 34.0. The van der Waals surface area contributed by atoms with Crippen LogP contribution in [0.1, 0.15) is 64.3 Å². The smallest absolute Gasteiger partial charge is 0.246 e. The maximum absolute atomic E-state index is 13.9. The molecule has 0 radical (unpaired) electrons. The average Bonchev–Trinajstić information content (AvgIpc) is 3.66. The highest BCUT2D eigenvalue weighted by Crippen LogP contribution is 2.29. The van der Waals surface area contributed by atoms with Gasteiger partial charge in [0.1, 0.15) is 18.7 Å². The molecule has 3 heterocycles. The molecule has 12 nitrogen and oxygen atoms in total. The number of rotatable bonds is 15. The van der Waals surface area contributed by atoms with Crippen LogP contribution in [0.5, 0.6) is 0 Å². The van der Waals surface area contributed by atoms with E-state index in [1.807, 2.05) is 64.4 Å². The Balaban J connectivity index is 1.25. The Morgan fingerprint density at radius 3 is 2.40 bits per heavy atom. The monoisotopic (exact) mass is 673 g/mol. The lowest BCUT2D eigenvalue weighted by molar-refractivity contribution is -0.144. The molecule has 4 atom stereocenters. The molecular weight excluding hydrogens is 622 g/mol. The Morgan fingerprint density at radius 1 is 1.06 bits per heavy atom. The number of carbonyl (C=O) groups excluding carboxylic acids is 3. The van der Waals surface area contributed by atoms with Gasteiger partial charge in [0.15, 0.2) is 0 Å². The second-order valence-corrected chi connectivity index (χ2v) is 14.2. The summed E-state index contributed by atoms with van der Waals surface area (Å²) in [6.07, 6.45) is 1.55. The van der Waals surface area contributed by atoms with Crippen LogP contribution in [0.2, 0.25) is 0 Å². The third kappa shape index (κ3) is 10.8. The summed E-state index contributed by atoms with van der Waals surface area (Å²) in [6.45, 7) is 12.6. The van der Waals surface area contributed by atoms with Crippen molar-refractivity contribution in [2.45, 2.75) is 84.2 Å². The first-order valence-electron chi connectivity index (χ1n) is 16.5. The normalized spacial score (nSPS) is 20.2. The lowest BCUT2D eigenvalue weighted by Crippen LogP contribution is -2.58. The number of piperidine rings is 1. The Bertz CT molecular complexity index is 1310. The summed E-state index contributed by atoms with van der Waals surface area (Å²) in [5.74, 6) is -1.22. The number of nitrogens with one attached hydrogen (secondary N) is 3. The molecule has 2 aliphatic heterocycles. The predicted octanol–water partition coefficient (Wildman–Crippen LogP) is 2.59. The van der Waals surface area contributed by atoms with E-state index in [4.69, 9.17) is 14.2 Å². The number of benzene rings is 1. The SMILES string of the molecule is Cc1ncsc1-c1ccc(C(C)NC(=O)[C@@H]2C[C@@H](O)CN2C(=O)C(NC(=O)COCCOCCOC2CCNCC2)C(C)(C)C)cc1. The van der Waals surface area contributed by atoms with E-state index in [0.29, 0.717) is 19.8 Å². The van der Waals surface area contributed by atoms with Crippen molar-refractivity contribution >= 4 is 29.1 Å². The summed E-state index contributed by atoms with van der Waals surface area (Å²) >= 11 is 1.58. The highest BCUT2D eigenvalue weighted by atomic mass is 32.1. The van der Waals surface area contributed by atoms with E-state index >= 15 is 0 Å². The molecule has 2 saturated heterocycles. The topological polar surface area (TPSA) is 151 Å². The molecule has 0 saturated carbocycles. The molecule has 0 bridgehead atoms. The number of hydrogen-bond donors (Lipinski definition) is 4. The number of ether oxygens (including phenoxy) is 3. The van der Waals surface area contributed by atoms with Crippen LogP contribution >= 0.6 is 11.3 Å². The standard InChI is InChI=1S/C34H51N5O7S/c1-22(24-6-8-25(9-7-24)30-23(2)36-21-47-30)37-32(42)28-18-26(40)19-39(28)33(43)31(34(3,4)5)38-29(41)20-45-15-14-44-16-17-46-27-10-12-35-13-11-27/h6-9,21-22,26-28,31,35,40H,10-20H2,1-5H3,(H,37,42)(H,38,41)/t22?,26-,28+,31?/m1/s1. The fraction of sp³-hybridized carbons (Fsp3) is 0.647. The molecule has 47 heavy (non-hydrogen) atoms. The quantitative estimate of drug-likeness (QED) is 0.209. The molecule has 0 spiro atoms. The minimum atomic E-state index is -0.928. The second kappa shape index (κ2) is 17.5. The van der Waals surface area contributed by atoms with Crippen LogP contribution in [0.15, 0.2) is 29.8 Å². The van der Waals surface area contributed by atoms with Gasteiger partial charge in [0, 0.05) is 13.0 Å². The van der Waals surface area contributed by atoms with Crippen LogP contribution in [0.25, 0.3) is 10.4 Å². The summed E-state index contributed by atoms with van der Waals surface area (Å²) in [7, 11) is 0. The third-order valence-electron chi connectivity index (χ3n) is 8.53. The van der Waals surface area contributed by atoms with Gasteiger partial charge in [-0.2, -0.15) is 0 Å². The molecule has 4 rings (SSSR count). The van der Waals surface area contributed by atoms with Crippen LogP contribution in [-0.2, 0) is 28.6 Å². The molecule has 13 heteroatoms. The molecular formula is C34H51N5O7S. The van der Waals surface area contributed by atoms with Gasteiger partial charge in [-0.1, -0.05) is 45.0 Å². The fourth-order valence-corrected chi connectivity index (χ4v) is 6.65. The van der Waals surface area contributed by atoms with E-state index in [0.717, 1.165) is 47.6 Å². The summed E-state index contributed by atoms with van der Waals surface area (Å²) in [5, 5.41) is 19.6. The molecule has 1 aromatic carbocycles. The molecule has 2 aliphatic rings. The minimum absolute atomic E-state index is 0.00579. The Hall–Kier alpha value is -2.94. The van der Waals surface area contributed by atoms with Crippen molar-refractivity contribution in [2.24, 2.45) is 5.41 Å². The first-order chi connectivity index (χ1) is 22.4. The number of aliphatic hydroxyl groups excluding tert-OH is 1. The summed E-state index contributed by atoms with van der Waals surface area (Å²) in [6, 6.07) is 5.83. The number of aryl methyl sites for hydroxylation is 1. The maximum atomic E-state index is 13.9. The van der Waals surface area contributed by atoms with Crippen LogP contribution in [0.3, 0.4) is 0 Å². The van der Waals surface area contributed by atoms with E-state index < -0.39 is 35.4 Å². The molecule has 2 unspecified atom stereocenters. The van der Waals surface area contributed by atoms with Crippen molar-refractivity contribution in [2.75, 3.05) is 52.7 Å². The number of aromatic nitrogens is 1. The Morgan fingerprint density at radius 2 is 1.74 bits per heavy atom. The second-order valence-electron chi connectivity index (χ2n) is 13.4. The van der Waals surface area contributed by atoms with Crippen molar-refractivity contribution in [3.8, 4) is 10.4 Å². The number of nitrogens with zero attached hydrogens (tertiary/aromatic N) is 2. The number of amides is 3. The van der Waals surface area contributed by atoms with E-state index in [9.17, 15) is 19.5 Å². The molecule has 0 aliphatic carbocycles. The zero-order valence-electron chi connectivity index (χ0n) is 28.3. The lowest BCUT2D eigenvalue weighted by Gasteiger charge is -2.35. The number of carbonyl (C=O) groups is 3. The predicted molar refractivity (Wildman–Crippen MR) is 180 cm³/mol. The van der Waals surface area contributed by atoms with Gasteiger partial charge in [-0.15, -0.1) is 11.3 Å². The molecule has 3 amide bonds. The van der Waals surface area contributed by atoms with Gasteiger partial charge < -0.3 is 40.2 Å². The van der Waals surface area contributed by atoms with E-state index in [1.54, 1.807) is 11.3 Å². The van der Waals surface area contributed by atoms with Crippen LogP contribution in [-0.4, -0.2) is 110 Å². The van der Waals surface area contributed by atoms with Crippen molar-refractivity contribution in [3.63, 3.8) is 0 Å². The average molecular weight is 674 g/mol. The van der Waals surface area contributed by atoms with Crippen molar-refractivity contribution < 1.29 is 33.7 Å². The largest absolute Gasteiger partial charge is 0.391 e. The summed E-state index contributed by atoms with van der Waals surface area (Å²) in [5.41, 5.74) is 4.10. The van der Waals surface area contributed by atoms with Gasteiger partial charge in [0.25, 0.3) is 0 Å². The first-order valence-corrected chi connectivity index (χ1v) is 17.4. The van der Waals surface area contributed by atoms with Gasteiger partial charge >= 0.3 is 0 Å². The molecule has 2 fully saturated rings. The molecule has 2 aromatic rings. The third-order valence-corrected chi connectivity index (χ3v) is 9.51. The first kappa shape index (κ1) is 36.9. The highest BCUT2D eigenvalue weighted by molar-refractivity contribution is 7.13. The molecule has 260 valence electrons. The molecule has 4 N–H and O–H groups in total. The minimum Gasteiger partial charge on any atom is -0.391 e. The van der Waals surface area contributed by atoms with Crippen LogP contribution < -0.4 is 16.0 Å². The van der Waals surface area contributed by atoms with Crippen LogP contribution in [0.4, 0.5) is 0 Å². The zero-order valence-corrected chi connectivity index (χ0v) is 29.1. The Labute approximate surface area is 281 Å². The number of aliphatic hydroxyl groups is 1. The maximum Gasteiger partial charge on any atom is 0.246 e. The van der Waals surface area contributed by atoms with E-state index in [1.165, 1.54) is 4.90 Å². The van der Waals surface area contributed by atoms with Crippen LogP contribution in [0, 0.1) is 12.3 Å². The summed E-state index contributed by atoms with van der Waals surface area (Å²) in [4.78, 5) is 47.0.